The van der Waals surface area contributed by atoms with Crippen molar-refractivity contribution in [3.05, 3.63) is 40.4 Å². The lowest BCUT2D eigenvalue weighted by Crippen LogP contribution is -2.44. The van der Waals surface area contributed by atoms with Crippen molar-refractivity contribution in [1.29, 1.82) is 0 Å². The third-order valence-electron chi connectivity index (χ3n) is 6.84. The van der Waals surface area contributed by atoms with Gasteiger partial charge >= 0.3 is 0 Å². The summed E-state index contributed by atoms with van der Waals surface area (Å²) < 4.78 is -1.64. The van der Waals surface area contributed by atoms with Crippen LogP contribution in [0.3, 0.4) is 0 Å². The molecule has 2 bridgehead atoms. The lowest BCUT2D eigenvalue weighted by Gasteiger charge is -2.42. The number of para-hydroxylation sites is 1. The number of fused-ring (bicyclic) bond motifs is 6. The van der Waals surface area contributed by atoms with Crippen molar-refractivity contribution in [3.63, 3.8) is 0 Å². The van der Waals surface area contributed by atoms with Crippen molar-refractivity contribution in [2.45, 2.75) is 26.9 Å². The predicted octanol–water partition coefficient (Wildman–Crippen LogP) is 5.66. The van der Waals surface area contributed by atoms with Crippen LogP contribution in [0, 0.1) is 23.7 Å². The van der Waals surface area contributed by atoms with Gasteiger partial charge in [0.15, 0.2) is 4.33 Å². The van der Waals surface area contributed by atoms with E-state index >= 15 is 0 Å². The van der Waals surface area contributed by atoms with Gasteiger partial charge in [-0.15, -0.1) is 23.2 Å². The second-order valence-electron chi connectivity index (χ2n) is 7.87. The van der Waals surface area contributed by atoms with Crippen molar-refractivity contribution < 1.29 is 9.59 Å². The first kappa shape index (κ1) is 19.8. The SMILES string of the molecule is O=C1[C@H]2C[C@@H]3[C@H](C[C@@H]2C(=O)N1c1ccccc1)[C@]1(Cl)C(Cl)=C(Cl)[C@]3(Cl)C1(Cl)Cl. The third kappa shape index (κ3) is 1.98. The van der Waals surface area contributed by atoms with Crippen LogP contribution in [-0.4, -0.2) is 25.9 Å². The zero-order chi connectivity index (χ0) is 20.2. The Morgan fingerprint density at radius 2 is 1.21 bits per heavy atom. The van der Waals surface area contributed by atoms with Gasteiger partial charge in [0.05, 0.1) is 27.6 Å². The monoisotopic (exact) mass is 497 g/mol. The highest BCUT2D eigenvalue weighted by Crippen LogP contribution is 2.79. The molecule has 148 valence electrons. The van der Waals surface area contributed by atoms with E-state index in [1.807, 2.05) is 6.07 Å². The fourth-order valence-corrected chi connectivity index (χ4v) is 8.66. The van der Waals surface area contributed by atoms with Gasteiger partial charge in [-0.25, -0.2) is 0 Å². The fourth-order valence-electron chi connectivity index (χ4n) is 5.55. The van der Waals surface area contributed by atoms with E-state index in [-0.39, 0.29) is 33.7 Å². The molecule has 1 heterocycles. The molecule has 4 aliphatic rings. The topological polar surface area (TPSA) is 37.4 Å². The first-order chi connectivity index (χ1) is 13.1. The highest BCUT2D eigenvalue weighted by molar-refractivity contribution is 6.65. The molecule has 0 N–H and O–H groups in total. The largest absolute Gasteiger partial charge is 0.274 e. The Morgan fingerprint density at radius 1 is 0.786 bits per heavy atom. The molecule has 3 aliphatic carbocycles. The van der Waals surface area contributed by atoms with Crippen LogP contribution in [0.4, 0.5) is 5.69 Å². The Morgan fingerprint density at radius 3 is 1.64 bits per heavy atom. The molecule has 9 heteroatoms. The molecule has 5 rings (SSSR count). The van der Waals surface area contributed by atoms with Crippen LogP contribution in [0.2, 0.25) is 0 Å². The minimum absolute atomic E-state index is 0.132. The molecular weight excluding hydrogens is 487 g/mol. The van der Waals surface area contributed by atoms with Crippen LogP contribution in [-0.2, 0) is 9.59 Å². The zero-order valence-electron chi connectivity index (χ0n) is 14.1. The van der Waals surface area contributed by atoms with Gasteiger partial charge in [0.2, 0.25) is 11.8 Å². The minimum Gasteiger partial charge on any atom is -0.274 e. The molecule has 0 spiro atoms. The normalized spacial score (nSPS) is 43.6. The number of nitrogens with zero attached hydrogens (tertiary/aromatic N) is 1. The average Bonchev–Trinajstić information content (AvgIpc) is 3.04. The Balaban J connectivity index is 1.58. The molecule has 2 amide bonds. The number of allylic oxidation sites excluding steroid dienone is 2. The van der Waals surface area contributed by atoms with Crippen LogP contribution >= 0.6 is 69.6 Å². The molecule has 0 aromatic heterocycles. The molecule has 1 aromatic carbocycles. The van der Waals surface area contributed by atoms with Crippen LogP contribution < -0.4 is 4.90 Å². The van der Waals surface area contributed by atoms with Crippen molar-refractivity contribution >= 4 is 87.1 Å². The summed E-state index contributed by atoms with van der Waals surface area (Å²) in [4.78, 5) is 24.7. The van der Waals surface area contributed by atoms with Crippen LogP contribution in [0.25, 0.3) is 0 Å². The standard InChI is InChI=1S/C19H13Cl6NO2/c20-13-14(21)18(23)12-7-10-9(6-11(12)17(13,22)19(18,24)25)15(27)26(16(10)28)8-4-2-1-3-5-8/h1-5,9-12H,6-7H2/t9-,10-,11-,12+,17-,18-/m0/s1. The summed E-state index contributed by atoms with van der Waals surface area (Å²) in [5.41, 5.74) is 0.555. The Kier molecular flexibility index (Phi) is 4.21. The summed E-state index contributed by atoms with van der Waals surface area (Å²) in [6.07, 6.45) is 0.644. The average molecular weight is 500 g/mol. The number of anilines is 1. The van der Waals surface area contributed by atoms with E-state index in [2.05, 4.69) is 0 Å². The predicted molar refractivity (Wildman–Crippen MR) is 112 cm³/mol. The number of hydrogen-bond donors (Lipinski definition) is 0. The second-order valence-corrected chi connectivity index (χ2v) is 11.1. The van der Waals surface area contributed by atoms with Gasteiger partial charge in [0.25, 0.3) is 0 Å². The summed E-state index contributed by atoms with van der Waals surface area (Å²) in [6.45, 7) is 0. The molecule has 1 saturated heterocycles. The van der Waals surface area contributed by atoms with Gasteiger partial charge in [-0.3, -0.25) is 14.5 Å². The van der Waals surface area contributed by atoms with E-state index < -0.39 is 25.9 Å². The van der Waals surface area contributed by atoms with Crippen molar-refractivity contribution in [2.75, 3.05) is 4.90 Å². The van der Waals surface area contributed by atoms with Gasteiger partial charge < -0.3 is 0 Å². The Labute approximate surface area is 191 Å². The number of carbonyl (C=O) groups excluding carboxylic acids is 2. The fraction of sp³-hybridized carbons (Fsp3) is 0.474. The molecule has 1 aromatic rings. The minimum atomic E-state index is -1.64. The highest BCUT2D eigenvalue weighted by Gasteiger charge is 2.83. The highest BCUT2D eigenvalue weighted by atomic mass is 35.5. The third-order valence-corrected chi connectivity index (χ3v) is 11.2. The molecule has 0 radical (unpaired) electrons. The lowest BCUT2D eigenvalue weighted by atomic mass is 9.65. The number of benzene rings is 1. The number of hydrogen-bond acceptors (Lipinski definition) is 2. The number of alkyl halides is 4. The summed E-state index contributed by atoms with van der Waals surface area (Å²) in [5.74, 6) is -2.26. The number of halogens is 6. The molecule has 3 fully saturated rings. The maximum absolute atomic E-state index is 13.1. The van der Waals surface area contributed by atoms with Crippen molar-refractivity contribution in [2.24, 2.45) is 23.7 Å². The van der Waals surface area contributed by atoms with Crippen LogP contribution in [0.1, 0.15) is 12.8 Å². The molecule has 2 saturated carbocycles. The number of amides is 2. The van der Waals surface area contributed by atoms with Crippen molar-refractivity contribution in [3.8, 4) is 0 Å². The summed E-state index contributed by atoms with van der Waals surface area (Å²) in [5, 5.41) is 0.263. The molecular formula is C19H13Cl6NO2. The first-order valence-electron chi connectivity index (χ1n) is 8.83. The smallest absolute Gasteiger partial charge is 0.237 e. The maximum Gasteiger partial charge on any atom is 0.237 e. The van der Waals surface area contributed by atoms with Gasteiger partial charge in [0, 0.05) is 0 Å². The van der Waals surface area contributed by atoms with Gasteiger partial charge in [-0.1, -0.05) is 64.6 Å². The van der Waals surface area contributed by atoms with Gasteiger partial charge in [-0.05, 0) is 36.8 Å². The first-order valence-corrected chi connectivity index (χ1v) is 11.1. The molecule has 1 aliphatic heterocycles. The van der Waals surface area contributed by atoms with Gasteiger partial charge in [-0.2, -0.15) is 0 Å². The van der Waals surface area contributed by atoms with Gasteiger partial charge in [0.1, 0.15) is 9.75 Å². The summed E-state index contributed by atoms with van der Waals surface area (Å²) >= 11 is 39.9. The van der Waals surface area contributed by atoms with E-state index in [1.165, 1.54) is 4.90 Å². The maximum atomic E-state index is 13.1. The Bertz CT molecular complexity index is 895. The zero-order valence-corrected chi connectivity index (χ0v) is 18.7. The summed E-state index contributed by atoms with van der Waals surface area (Å²) in [7, 11) is 0. The quantitative estimate of drug-likeness (QED) is 0.369. The van der Waals surface area contributed by atoms with E-state index in [4.69, 9.17) is 69.6 Å². The molecule has 3 nitrogen and oxygen atoms in total. The Hall–Kier alpha value is -0.160. The van der Waals surface area contributed by atoms with E-state index in [9.17, 15) is 9.59 Å². The van der Waals surface area contributed by atoms with E-state index in [0.717, 1.165) is 0 Å². The second kappa shape index (κ2) is 5.96. The number of imide groups is 1. The van der Waals surface area contributed by atoms with Crippen molar-refractivity contribution in [1.82, 2.24) is 0 Å². The van der Waals surface area contributed by atoms with Crippen LogP contribution in [0.5, 0.6) is 0 Å². The summed E-state index contributed by atoms with van der Waals surface area (Å²) in [6, 6.07) is 8.87. The number of carbonyl (C=O) groups is 2. The lowest BCUT2D eigenvalue weighted by molar-refractivity contribution is -0.122. The molecule has 6 atom stereocenters. The van der Waals surface area contributed by atoms with E-state index in [1.54, 1.807) is 24.3 Å². The molecule has 0 unspecified atom stereocenters. The van der Waals surface area contributed by atoms with Crippen LogP contribution in [0.15, 0.2) is 40.4 Å². The van der Waals surface area contributed by atoms with E-state index in [0.29, 0.717) is 18.5 Å². The molecule has 28 heavy (non-hydrogen) atoms. The number of rotatable bonds is 1.